The summed E-state index contributed by atoms with van der Waals surface area (Å²) in [5.41, 5.74) is 3.15. The highest BCUT2D eigenvalue weighted by Gasteiger charge is 2.05. The van der Waals surface area contributed by atoms with E-state index in [9.17, 15) is 9.90 Å². The molecule has 0 aliphatic heterocycles. The Balaban J connectivity index is 2.09. The number of carbonyl (C=O) groups excluding carboxylic acids is 1. The lowest BCUT2D eigenvalue weighted by atomic mass is 10.1. The summed E-state index contributed by atoms with van der Waals surface area (Å²) in [7, 11) is 1.55. The van der Waals surface area contributed by atoms with Crippen LogP contribution in [0.25, 0.3) is 0 Å². The first-order valence-corrected chi connectivity index (χ1v) is 6.57. The summed E-state index contributed by atoms with van der Waals surface area (Å²) in [6.45, 7) is 0.272. The standard InChI is InChI=1S/C18H16O3/c1-21-13-18(20)17-10-8-15(9-11-17)3-2-14-4-6-16(12-19)7-5-14/h4-12,18,20H,13H2,1H3. The lowest BCUT2D eigenvalue weighted by Gasteiger charge is -2.09. The minimum absolute atomic E-state index is 0.272. The van der Waals surface area contributed by atoms with Crippen LogP contribution in [0.15, 0.2) is 48.5 Å². The van der Waals surface area contributed by atoms with Gasteiger partial charge in [-0.1, -0.05) is 36.1 Å². The van der Waals surface area contributed by atoms with E-state index in [0.29, 0.717) is 5.56 Å². The number of hydrogen-bond acceptors (Lipinski definition) is 3. The third-order valence-corrected chi connectivity index (χ3v) is 3.02. The molecule has 0 aliphatic carbocycles. The number of aldehydes is 1. The van der Waals surface area contributed by atoms with Gasteiger partial charge in [-0.25, -0.2) is 0 Å². The highest BCUT2D eigenvalue weighted by Crippen LogP contribution is 2.13. The Morgan fingerprint density at radius 3 is 2.05 bits per heavy atom. The van der Waals surface area contributed by atoms with E-state index in [1.807, 2.05) is 36.4 Å². The van der Waals surface area contributed by atoms with E-state index in [-0.39, 0.29) is 6.61 Å². The minimum atomic E-state index is -0.618. The molecule has 2 aromatic rings. The zero-order valence-corrected chi connectivity index (χ0v) is 11.7. The van der Waals surface area contributed by atoms with Crippen LogP contribution in [0.1, 0.15) is 33.2 Å². The highest BCUT2D eigenvalue weighted by molar-refractivity contribution is 5.74. The fourth-order valence-corrected chi connectivity index (χ4v) is 1.83. The first-order valence-electron chi connectivity index (χ1n) is 6.57. The van der Waals surface area contributed by atoms with Crippen LogP contribution in [0.5, 0.6) is 0 Å². The lowest BCUT2D eigenvalue weighted by Crippen LogP contribution is -2.04. The van der Waals surface area contributed by atoms with E-state index in [1.54, 1.807) is 19.2 Å². The topological polar surface area (TPSA) is 46.5 Å². The molecule has 21 heavy (non-hydrogen) atoms. The zero-order chi connectivity index (χ0) is 15.1. The van der Waals surface area contributed by atoms with Gasteiger partial charge in [0, 0.05) is 23.8 Å². The number of methoxy groups -OCH3 is 1. The molecule has 1 atom stereocenters. The average Bonchev–Trinajstić information content (AvgIpc) is 2.54. The Labute approximate surface area is 124 Å². The van der Waals surface area contributed by atoms with Crippen molar-refractivity contribution in [3.63, 3.8) is 0 Å². The van der Waals surface area contributed by atoms with Gasteiger partial charge in [0.25, 0.3) is 0 Å². The molecule has 0 radical (unpaired) electrons. The third-order valence-electron chi connectivity index (χ3n) is 3.02. The molecule has 0 saturated heterocycles. The van der Waals surface area contributed by atoms with E-state index in [0.717, 1.165) is 23.0 Å². The normalized spacial score (nSPS) is 11.3. The van der Waals surface area contributed by atoms with Crippen molar-refractivity contribution in [2.24, 2.45) is 0 Å². The Bertz CT molecular complexity index is 646. The smallest absolute Gasteiger partial charge is 0.150 e. The molecule has 0 heterocycles. The van der Waals surface area contributed by atoms with E-state index in [4.69, 9.17) is 4.74 Å². The molecule has 3 nitrogen and oxygen atoms in total. The molecule has 2 aromatic carbocycles. The van der Waals surface area contributed by atoms with Crippen LogP contribution in [-0.4, -0.2) is 25.1 Å². The number of carbonyl (C=O) groups is 1. The molecular weight excluding hydrogens is 264 g/mol. The number of benzene rings is 2. The van der Waals surface area contributed by atoms with E-state index in [1.165, 1.54) is 0 Å². The molecule has 0 aliphatic rings. The molecular formula is C18H16O3. The van der Waals surface area contributed by atoms with Gasteiger partial charge in [0.1, 0.15) is 12.4 Å². The summed E-state index contributed by atoms with van der Waals surface area (Å²) in [5, 5.41) is 9.78. The minimum Gasteiger partial charge on any atom is -0.386 e. The first-order chi connectivity index (χ1) is 10.2. The summed E-state index contributed by atoms with van der Waals surface area (Å²) >= 11 is 0. The summed E-state index contributed by atoms with van der Waals surface area (Å²) < 4.78 is 4.91. The van der Waals surface area contributed by atoms with Crippen molar-refractivity contribution in [3.8, 4) is 11.8 Å². The molecule has 0 amide bonds. The molecule has 0 spiro atoms. The quantitative estimate of drug-likeness (QED) is 0.691. The van der Waals surface area contributed by atoms with Gasteiger partial charge in [-0.3, -0.25) is 4.79 Å². The maximum atomic E-state index is 10.6. The van der Waals surface area contributed by atoms with Crippen molar-refractivity contribution in [1.82, 2.24) is 0 Å². The predicted octanol–water partition coefficient (Wildman–Crippen LogP) is 2.58. The Hall–Kier alpha value is -2.41. The number of ether oxygens (including phenoxy) is 1. The molecule has 1 N–H and O–H groups in total. The molecule has 0 bridgehead atoms. The van der Waals surface area contributed by atoms with Crippen LogP contribution in [0.2, 0.25) is 0 Å². The predicted molar refractivity (Wildman–Crippen MR) is 81.1 cm³/mol. The molecule has 0 fully saturated rings. The van der Waals surface area contributed by atoms with Crippen molar-refractivity contribution in [3.05, 3.63) is 70.8 Å². The molecule has 0 saturated carbocycles. The van der Waals surface area contributed by atoms with E-state index in [2.05, 4.69) is 11.8 Å². The van der Waals surface area contributed by atoms with E-state index >= 15 is 0 Å². The number of hydrogen-bond donors (Lipinski definition) is 1. The van der Waals surface area contributed by atoms with Gasteiger partial charge in [-0.05, 0) is 29.8 Å². The van der Waals surface area contributed by atoms with Gasteiger partial charge in [0.15, 0.2) is 0 Å². The van der Waals surface area contributed by atoms with Gasteiger partial charge >= 0.3 is 0 Å². The van der Waals surface area contributed by atoms with Crippen LogP contribution in [0.4, 0.5) is 0 Å². The second-order valence-corrected chi connectivity index (χ2v) is 4.58. The van der Waals surface area contributed by atoms with Gasteiger partial charge in [0.2, 0.25) is 0 Å². The largest absolute Gasteiger partial charge is 0.386 e. The van der Waals surface area contributed by atoms with E-state index < -0.39 is 6.10 Å². The van der Waals surface area contributed by atoms with Crippen molar-refractivity contribution in [2.45, 2.75) is 6.10 Å². The SMILES string of the molecule is COCC(O)c1ccc(C#Cc2ccc(C=O)cc2)cc1. The maximum absolute atomic E-state index is 10.6. The number of aliphatic hydroxyl groups excluding tert-OH is 1. The molecule has 3 heteroatoms. The van der Waals surface area contributed by atoms with Crippen molar-refractivity contribution < 1.29 is 14.6 Å². The maximum Gasteiger partial charge on any atom is 0.150 e. The first kappa shape index (κ1) is 15.0. The van der Waals surface area contributed by atoms with Crippen LogP contribution in [0, 0.1) is 11.8 Å². The third kappa shape index (κ3) is 4.28. The van der Waals surface area contributed by atoms with Crippen molar-refractivity contribution >= 4 is 6.29 Å². The van der Waals surface area contributed by atoms with Gasteiger partial charge in [0.05, 0.1) is 6.61 Å². The summed E-state index contributed by atoms with van der Waals surface area (Å²) in [4.78, 5) is 10.6. The second kappa shape index (κ2) is 7.39. The van der Waals surface area contributed by atoms with Crippen LogP contribution >= 0.6 is 0 Å². The average molecular weight is 280 g/mol. The molecule has 106 valence electrons. The number of rotatable bonds is 4. The van der Waals surface area contributed by atoms with Gasteiger partial charge in [-0.2, -0.15) is 0 Å². The van der Waals surface area contributed by atoms with Crippen molar-refractivity contribution in [2.75, 3.05) is 13.7 Å². The van der Waals surface area contributed by atoms with Crippen LogP contribution < -0.4 is 0 Å². The molecule has 1 unspecified atom stereocenters. The summed E-state index contributed by atoms with van der Waals surface area (Å²) in [5.74, 6) is 6.08. The lowest BCUT2D eigenvalue weighted by molar-refractivity contribution is 0.0644. The Kier molecular flexibility index (Phi) is 5.28. The van der Waals surface area contributed by atoms with Crippen molar-refractivity contribution in [1.29, 1.82) is 0 Å². The summed E-state index contributed by atoms with van der Waals surface area (Å²) in [6, 6.07) is 14.5. The fourth-order valence-electron chi connectivity index (χ4n) is 1.83. The molecule has 0 aromatic heterocycles. The number of aliphatic hydroxyl groups is 1. The van der Waals surface area contributed by atoms with Gasteiger partial charge < -0.3 is 9.84 Å². The Morgan fingerprint density at radius 1 is 1.05 bits per heavy atom. The fraction of sp³-hybridized carbons (Fsp3) is 0.167. The zero-order valence-electron chi connectivity index (χ0n) is 11.7. The summed E-state index contributed by atoms with van der Waals surface area (Å²) in [6.07, 6.45) is 0.189. The van der Waals surface area contributed by atoms with Crippen LogP contribution in [0.3, 0.4) is 0 Å². The monoisotopic (exact) mass is 280 g/mol. The van der Waals surface area contributed by atoms with Gasteiger partial charge in [-0.15, -0.1) is 0 Å². The van der Waals surface area contributed by atoms with Crippen LogP contribution in [-0.2, 0) is 4.74 Å². The molecule has 2 rings (SSSR count). The second-order valence-electron chi connectivity index (χ2n) is 4.58. The Morgan fingerprint density at radius 2 is 1.57 bits per heavy atom. The highest BCUT2D eigenvalue weighted by atomic mass is 16.5.